The Kier molecular flexibility index (Phi) is 3.23. The van der Waals surface area contributed by atoms with E-state index in [1.54, 1.807) is 0 Å². The fourth-order valence-corrected chi connectivity index (χ4v) is 2.65. The van der Waals surface area contributed by atoms with Crippen molar-refractivity contribution in [3.05, 3.63) is 34.9 Å². The van der Waals surface area contributed by atoms with Crippen molar-refractivity contribution in [2.45, 2.75) is 33.6 Å². The van der Waals surface area contributed by atoms with Gasteiger partial charge in [-0.1, -0.05) is 30.7 Å². The van der Waals surface area contributed by atoms with Crippen molar-refractivity contribution in [3.8, 4) is 0 Å². The second-order valence-corrected chi connectivity index (χ2v) is 5.46. The summed E-state index contributed by atoms with van der Waals surface area (Å²) in [4.78, 5) is 10.8. The number of rotatable bonds is 4. The second-order valence-electron chi connectivity index (χ2n) is 5.46. The number of aryl methyl sites for hydroxylation is 2. The number of carboxylic acids is 1. The average molecular weight is 232 g/mol. The molecule has 1 aliphatic carbocycles. The Balaban J connectivity index is 2.02. The first-order valence-electron chi connectivity index (χ1n) is 6.28. The first-order chi connectivity index (χ1) is 7.99. The molecule has 3 unspecified atom stereocenters. The quantitative estimate of drug-likeness (QED) is 0.865. The van der Waals surface area contributed by atoms with Crippen LogP contribution >= 0.6 is 0 Å². The fraction of sp³-hybridized carbons (Fsp3) is 0.533. The standard InChI is InChI=1S/C15H20O2/c1-9-4-5-10(2)12(6-9)7-11(3)13-8-14(13)15(16)17/h4-6,11,13-14H,7-8H2,1-3H3,(H,16,17). The molecule has 1 fully saturated rings. The molecular weight excluding hydrogens is 212 g/mol. The summed E-state index contributed by atoms with van der Waals surface area (Å²) in [6.07, 6.45) is 1.86. The minimum Gasteiger partial charge on any atom is -0.481 e. The van der Waals surface area contributed by atoms with Crippen LogP contribution in [0.4, 0.5) is 0 Å². The normalized spacial score (nSPS) is 24.4. The van der Waals surface area contributed by atoms with Crippen LogP contribution in [0.25, 0.3) is 0 Å². The summed E-state index contributed by atoms with van der Waals surface area (Å²) in [6.45, 7) is 6.41. The van der Waals surface area contributed by atoms with Gasteiger partial charge in [-0.2, -0.15) is 0 Å². The van der Waals surface area contributed by atoms with Gasteiger partial charge < -0.3 is 5.11 Å². The summed E-state index contributed by atoms with van der Waals surface area (Å²) in [5.41, 5.74) is 3.96. The van der Waals surface area contributed by atoms with Gasteiger partial charge in [-0.3, -0.25) is 4.79 Å². The third-order valence-corrected chi connectivity index (χ3v) is 3.93. The molecule has 3 atom stereocenters. The van der Waals surface area contributed by atoms with Crippen LogP contribution in [0, 0.1) is 31.6 Å². The molecule has 1 saturated carbocycles. The summed E-state index contributed by atoms with van der Waals surface area (Å²) in [6, 6.07) is 6.50. The maximum absolute atomic E-state index is 10.8. The number of benzene rings is 1. The van der Waals surface area contributed by atoms with E-state index >= 15 is 0 Å². The van der Waals surface area contributed by atoms with Crippen molar-refractivity contribution in [2.24, 2.45) is 17.8 Å². The molecule has 0 radical (unpaired) electrons. The summed E-state index contributed by atoms with van der Waals surface area (Å²) < 4.78 is 0. The Morgan fingerprint density at radius 2 is 2.18 bits per heavy atom. The number of hydrogen-bond acceptors (Lipinski definition) is 1. The van der Waals surface area contributed by atoms with Crippen molar-refractivity contribution in [2.75, 3.05) is 0 Å². The molecule has 92 valence electrons. The molecule has 1 aromatic carbocycles. The van der Waals surface area contributed by atoms with Gasteiger partial charge >= 0.3 is 5.97 Å². The molecule has 0 spiro atoms. The van der Waals surface area contributed by atoms with Crippen LogP contribution in [0.1, 0.15) is 30.0 Å². The van der Waals surface area contributed by atoms with Crippen molar-refractivity contribution in [3.63, 3.8) is 0 Å². The van der Waals surface area contributed by atoms with Crippen LogP contribution in [0.2, 0.25) is 0 Å². The van der Waals surface area contributed by atoms with Gasteiger partial charge in [0.2, 0.25) is 0 Å². The summed E-state index contributed by atoms with van der Waals surface area (Å²) in [7, 11) is 0. The topological polar surface area (TPSA) is 37.3 Å². The lowest BCUT2D eigenvalue weighted by Gasteiger charge is -2.13. The van der Waals surface area contributed by atoms with Crippen LogP contribution in [0.5, 0.6) is 0 Å². The molecular formula is C15H20O2. The average Bonchev–Trinajstić information content (AvgIpc) is 3.03. The number of carboxylic acid groups (broad SMARTS) is 1. The van der Waals surface area contributed by atoms with Crippen LogP contribution in [-0.2, 0) is 11.2 Å². The van der Waals surface area contributed by atoms with E-state index in [0.717, 1.165) is 12.8 Å². The highest BCUT2D eigenvalue weighted by Gasteiger charge is 2.46. The van der Waals surface area contributed by atoms with Crippen LogP contribution in [0.3, 0.4) is 0 Å². The summed E-state index contributed by atoms with van der Waals surface area (Å²) in [5, 5.41) is 8.94. The monoisotopic (exact) mass is 232 g/mol. The van der Waals surface area contributed by atoms with E-state index in [9.17, 15) is 4.79 Å². The van der Waals surface area contributed by atoms with Gasteiger partial charge in [0, 0.05) is 0 Å². The highest BCUT2D eigenvalue weighted by atomic mass is 16.4. The molecule has 0 heterocycles. The molecule has 0 aliphatic heterocycles. The Morgan fingerprint density at radius 3 is 2.76 bits per heavy atom. The number of hydrogen-bond donors (Lipinski definition) is 1. The van der Waals surface area contributed by atoms with Gasteiger partial charge in [0.05, 0.1) is 5.92 Å². The van der Waals surface area contributed by atoms with Gasteiger partial charge in [-0.25, -0.2) is 0 Å². The second kappa shape index (κ2) is 4.52. The van der Waals surface area contributed by atoms with Crippen LogP contribution < -0.4 is 0 Å². The number of carbonyl (C=O) groups is 1. The van der Waals surface area contributed by atoms with Crippen molar-refractivity contribution < 1.29 is 9.90 Å². The van der Waals surface area contributed by atoms with E-state index in [4.69, 9.17) is 5.11 Å². The summed E-state index contributed by atoms with van der Waals surface area (Å²) in [5.74, 6) is 0.141. The SMILES string of the molecule is Cc1ccc(C)c(CC(C)C2CC2C(=O)O)c1. The molecule has 1 N–H and O–H groups in total. The lowest BCUT2D eigenvalue weighted by atomic mass is 9.92. The van der Waals surface area contributed by atoms with E-state index in [-0.39, 0.29) is 5.92 Å². The molecule has 2 heteroatoms. The highest BCUT2D eigenvalue weighted by molar-refractivity contribution is 5.73. The van der Waals surface area contributed by atoms with Crippen LogP contribution in [-0.4, -0.2) is 11.1 Å². The predicted octanol–water partition coefficient (Wildman–Crippen LogP) is 3.20. The Morgan fingerprint density at radius 1 is 1.47 bits per heavy atom. The molecule has 0 aromatic heterocycles. The molecule has 1 aliphatic rings. The van der Waals surface area contributed by atoms with Crippen molar-refractivity contribution in [1.29, 1.82) is 0 Å². The van der Waals surface area contributed by atoms with Crippen molar-refractivity contribution in [1.82, 2.24) is 0 Å². The predicted molar refractivity (Wildman–Crippen MR) is 68.0 cm³/mol. The minimum atomic E-state index is -0.622. The first kappa shape index (κ1) is 12.2. The Bertz CT molecular complexity index is 437. The van der Waals surface area contributed by atoms with E-state index in [1.807, 2.05) is 0 Å². The molecule has 0 saturated heterocycles. The van der Waals surface area contributed by atoms with Gasteiger partial charge in [-0.15, -0.1) is 0 Å². The van der Waals surface area contributed by atoms with Gasteiger partial charge in [0.25, 0.3) is 0 Å². The van der Waals surface area contributed by atoms with Gasteiger partial charge in [0.15, 0.2) is 0 Å². The molecule has 0 amide bonds. The maximum atomic E-state index is 10.8. The zero-order valence-electron chi connectivity index (χ0n) is 10.7. The fourth-order valence-electron chi connectivity index (χ4n) is 2.65. The summed E-state index contributed by atoms with van der Waals surface area (Å²) >= 11 is 0. The number of aliphatic carboxylic acids is 1. The van der Waals surface area contributed by atoms with Gasteiger partial charge in [0.1, 0.15) is 0 Å². The smallest absolute Gasteiger partial charge is 0.306 e. The molecule has 0 bridgehead atoms. The zero-order chi connectivity index (χ0) is 12.6. The lowest BCUT2D eigenvalue weighted by Crippen LogP contribution is -2.09. The van der Waals surface area contributed by atoms with Gasteiger partial charge in [-0.05, 0) is 49.7 Å². The molecule has 17 heavy (non-hydrogen) atoms. The largest absolute Gasteiger partial charge is 0.481 e. The molecule has 2 nitrogen and oxygen atoms in total. The van der Waals surface area contributed by atoms with E-state index in [0.29, 0.717) is 11.8 Å². The van der Waals surface area contributed by atoms with E-state index in [1.165, 1.54) is 16.7 Å². The Labute approximate surface area is 103 Å². The third kappa shape index (κ3) is 2.68. The molecule has 1 aromatic rings. The maximum Gasteiger partial charge on any atom is 0.306 e. The Hall–Kier alpha value is -1.31. The lowest BCUT2D eigenvalue weighted by molar-refractivity contribution is -0.139. The van der Waals surface area contributed by atoms with E-state index in [2.05, 4.69) is 39.0 Å². The minimum absolute atomic E-state index is 0.0879. The van der Waals surface area contributed by atoms with Crippen molar-refractivity contribution >= 4 is 5.97 Å². The van der Waals surface area contributed by atoms with E-state index < -0.39 is 5.97 Å². The highest BCUT2D eigenvalue weighted by Crippen LogP contribution is 2.45. The third-order valence-electron chi connectivity index (χ3n) is 3.93. The first-order valence-corrected chi connectivity index (χ1v) is 6.28. The zero-order valence-corrected chi connectivity index (χ0v) is 10.7. The molecule has 2 rings (SSSR count). The van der Waals surface area contributed by atoms with Crippen LogP contribution in [0.15, 0.2) is 18.2 Å².